The second-order valence-corrected chi connectivity index (χ2v) is 18.6. The normalized spacial score (nSPS) is 29.6. The molecule has 6 saturated heterocycles. The minimum absolute atomic E-state index is 0.0177. The highest BCUT2D eigenvalue weighted by atomic mass is 16.3. The smallest absolute Gasteiger partial charge is 0.131 e. The number of pyridine rings is 2. The molecule has 0 spiro atoms. The van der Waals surface area contributed by atoms with Gasteiger partial charge in [-0.2, -0.15) is 0 Å². The molecule has 2 aromatic heterocycles. The number of para-hydroxylation sites is 2. The Morgan fingerprint density at radius 3 is 1.77 bits per heavy atom. The molecule has 6 nitrogen and oxygen atoms in total. The van der Waals surface area contributed by atoms with Crippen molar-refractivity contribution in [1.82, 2.24) is 14.9 Å². The van der Waals surface area contributed by atoms with Crippen LogP contribution in [0.15, 0.2) is 147 Å². The van der Waals surface area contributed by atoms with Gasteiger partial charge in [0.15, 0.2) is 0 Å². The standard InChI is InChI=1S/C54H55N4O2/c1-3-34-31-57-38(27-37(34)28-51(57)53(59)45-21-24-55-49-19-11-9-17-43(45)49)30-47-39-13-5-7-15-41(39)48(42-16-8-6-14-40(42)47)33-58-26-23-36(35(4-2)32-58)29-52(58)54(60)46-22-25-56-50-20-12-10-18-44(46)50/h3-22,24-25,34-38,51-54,59-60H,1-2,23,26-33H2/q+1. The van der Waals surface area contributed by atoms with Crippen molar-refractivity contribution < 1.29 is 14.7 Å². The highest BCUT2D eigenvalue weighted by Crippen LogP contribution is 2.51. The van der Waals surface area contributed by atoms with Gasteiger partial charge < -0.3 is 14.7 Å². The van der Waals surface area contributed by atoms with Gasteiger partial charge in [0.05, 0.1) is 30.2 Å². The molecular formula is C54H55N4O2+. The van der Waals surface area contributed by atoms with Crippen molar-refractivity contribution in [2.75, 3.05) is 19.6 Å². The van der Waals surface area contributed by atoms with E-state index in [1.54, 1.807) is 0 Å². The second-order valence-electron chi connectivity index (χ2n) is 18.6. The molecule has 13 rings (SSSR count). The van der Waals surface area contributed by atoms with Gasteiger partial charge in [0, 0.05) is 66.1 Å². The highest BCUT2D eigenvalue weighted by molar-refractivity contribution is 6.05. The molecule has 7 aromatic rings. The quantitative estimate of drug-likeness (QED) is 0.0820. The Bertz CT molecular complexity index is 2720. The number of quaternary nitrogens is 1. The maximum Gasteiger partial charge on any atom is 0.131 e. The monoisotopic (exact) mass is 791 g/mol. The average Bonchev–Trinajstić information content (AvgIpc) is 3.31. The fourth-order valence-corrected chi connectivity index (χ4v) is 12.9. The molecule has 11 unspecified atom stereocenters. The number of benzene rings is 5. The van der Waals surface area contributed by atoms with Gasteiger partial charge in [0.25, 0.3) is 0 Å². The zero-order valence-electron chi connectivity index (χ0n) is 34.4. The summed E-state index contributed by atoms with van der Waals surface area (Å²) in [4.78, 5) is 11.9. The predicted octanol–water partition coefficient (Wildman–Crippen LogP) is 10.3. The van der Waals surface area contributed by atoms with E-state index < -0.39 is 12.2 Å². The Morgan fingerprint density at radius 2 is 1.18 bits per heavy atom. The molecule has 0 saturated carbocycles. The van der Waals surface area contributed by atoms with E-state index in [4.69, 9.17) is 0 Å². The second kappa shape index (κ2) is 15.0. The van der Waals surface area contributed by atoms with Crippen LogP contribution < -0.4 is 0 Å². The Hall–Kier alpha value is -5.24. The summed E-state index contributed by atoms with van der Waals surface area (Å²) in [6.07, 6.45) is 12.0. The molecule has 5 aromatic carbocycles. The van der Waals surface area contributed by atoms with Gasteiger partial charge in [0.1, 0.15) is 18.7 Å². The van der Waals surface area contributed by atoms with Gasteiger partial charge in [-0.1, -0.05) is 97.1 Å². The number of nitrogens with zero attached hydrogens (tertiary/aromatic N) is 4. The molecule has 4 bridgehead atoms. The highest BCUT2D eigenvalue weighted by Gasteiger charge is 2.54. The van der Waals surface area contributed by atoms with Crippen molar-refractivity contribution in [1.29, 1.82) is 0 Å². The fourth-order valence-electron chi connectivity index (χ4n) is 12.9. The summed E-state index contributed by atoms with van der Waals surface area (Å²) in [5.74, 6) is 1.85. The molecule has 8 heterocycles. The number of hydrogen-bond acceptors (Lipinski definition) is 5. The van der Waals surface area contributed by atoms with E-state index in [2.05, 4.69) is 113 Å². The first-order valence-electron chi connectivity index (χ1n) is 22.3. The van der Waals surface area contributed by atoms with Gasteiger partial charge >= 0.3 is 0 Å². The zero-order chi connectivity index (χ0) is 40.5. The number of hydrogen-bond donors (Lipinski definition) is 2. The van der Waals surface area contributed by atoms with E-state index in [1.807, 2.05) is 48.8 Å². The zero-order valence-corrected chi connectivity index (χ0v) is 34.4. The molecule has 302 valence electrons. The SMILES string of the molecule is C=CC1CN2C(Cc3c4ccccc4c(C[N+]45CCC(CC4C(O)c4ccnc6ccccc46)C(C=C)C5)c4ccccc34)CC1CC2C(O)c1ccnc2ccccc12. The Morgan fingerprint density at radius 1 is 0.633 bits per heavy atom. The van der Waals surface area contributed by atoms with Crippen LogP contribution in [0.3, 0.4) is 0 Å². The summed E-state index contributed by atoms with van der Waals surface area (Å²) >= 11 is 0. The minimum atomic E-state index is -0.611. The molecule has 2 N–H and O–H groups in total. The molecule has 11 atom stereocenters. The fraction of sp³-hybridized carbons (Fsp3) is 0.333. The number of aromatic nitrogens is 2. The third-order valence-electron chi connectivity index (χ3n) is 15.8. The van der Waals surface area contributed by atoms with Gasteiger partial charge in [0.2, 0.25) is 0 Å². The van der Waals surface area contributed by atoms with Gasteiger partial charge in [-0.15, -0.1) is 13.2 Å². The predicted molar refractivity (Wildman–Crippen MR) is 243 cm³/mol. The van der Waals surface area contributed by atoms with Crippen molar-refractivity contribution in [3.63, 3.8) is 0 Å². The maximum absolute atomic E-state index is 12.6. The van der Waals surface area contributed by atoms with Crippen molar-refractivity contribution in [2.24, 2.45) is 23.7 Å². The largest absolute Gasteiger partial charge is 0.387 e. The van der Waals surface area contributed by atoms with Crippen LogP contribution in [0.5, 0.6) is 0 Å². The van der Waals surface area contributed by atoms with Crippen molar-refractivity contribution in [3.8, 4) is 0 Å². The molecule has 6 aliphatic rings. The van der Waals surface area contributed by atoms with Crippen molar-refractivity contribution in [2.45, 2.75) is 69.0 Å². The number of rotatable bonds is 10. The molecule has 0 radical (unpaired) electrons. The Labute approximate surface area is 353 Å². The third-order valence-corrected chi connectivity index (χ3v) is 15.8. The minimum Gasteiger partial charge on any atom is -0.387 e. The van der Waals surface area contributed by atoms with E-state index >= 15 is 0 Å². The lowest BCUT2D eigenvalue weighted by molar-refractivity contribution is -0.984. The Balaban J connectivity index is 0.991. The number of piperidine rings is 6. The van der Waals surface area contributed by atoms with Crippen LogP contribution in [0.4, 0.5) is 0 Å². The first kappa shape index (κ1) is 37.7. The van der Waals surface area contributed by atoms with Crippen LogP contribution in [0, 0.1) is 23.7 Å². The molecular weight excluding hydrogens is 737 g/mol. The summed E-state index contributed by atoms with van der Waals surface area (Å²) in [6.45, 7) is 12.4. The first-order valence-corrected chi connectivity index (χ1v) is 22.3. The van der Waals surface area contributed by atoms with Crippen LogP contribution in [-0.4, -0.2) is 67.3 Å². The first-order chi connectivity index (χ1) is 29.4. The van der Waals surface area contributed by atoms with Gasteiger partial charge in [-0.3, -0.25) is 14.9 Å². The summed E-state index contributed by atoms with van der Waals surface area (Å²) in [7, 11) is 0. The molecule has 0 aliphatic carbocycles. The van der Waals surface area contributed by atoms with E-state index in [0.717, 1.165) is 95.7 Å². The molecule has 6 heteroatoms. The lowest BCUT2D eigenvalue weighted by atomic mass is 9.69. The van der Waals surface area contributed by atoms with Crippen molar-refractivity contribution >= 4 is 43.4 Å². The van der Waals surface area contributed by atoms with Crippen molar-refractivity contribution in [3.05, 3.63) is 169 Å². The molecule has 0 amide bonds. The van der Waals surface area contributed by atoms with Crippen LogP contribution in [0.25, 0.3) is 43.4 Å². The molecule has 6 aliphatic heterocycles. The van der Waals surface area contributed by atoms with Gasteiger partial charge in [-0.25, -0.2) is 0 Å². The average molecular weight is 792 g/mol. The number of fused-ring (bicyclic) bond motifs is 10. The number of aliphatic hydroxyl groups is 2. The van der Waals surface area contributed by atoms with Gasteiger partial charge in [-0.05, 0) is 99.5 Å². The van der Waals surface area contributed by atoms with E-state index in [0.29, 0.717) is 23.7 Å². The lowest BCUT2D eigenvalue weighted by Gasteiger charge is -2.58. The van der Waals surface area contributed by atoms with E-state index in [9.17, 15) is 10.2 Å². The van der Waals surface area contributed by atoms with E-state index in [-0.39, 0.29) is 18.1 Å². The topological polar surface area (TPSA) is 69.5 Å². The number of aliphatic hydroxyl groups excluding tert-OH is 2. The summed E-state index contributed by atoms with van der Waals surface area (Å²) in [5.41, 5.74) is 6.62. The lowest BCUT2D eigenvalue weighted by Crippen LogP contribution is -2.67. The van der Waals surface area contributed by atoms with Crippen LogP contribution in [-0.2, 0) is 13.0 Å². The summed E-state index contributed by atoms with van der Waals surface area (Å²) in [5, 5.41) is 32.3. The Kier molecular flexibility index (Phi) is 9.46. The van der Waals surface area contributed by atoms with E-state index in [1.165, 1.54) is 32.7 Å². The summed E-state index contributed by atoms with van der Waals surface area (Å²) in [6, 6.07) is 39.1. The third kappa shape index (κ3) is 6.06. The van der Waals surface area contributed by atoms with Crippen LogP contribution >= 0.6 is 0 Å². The molecule has 6 fully saturated rings. The van der Waals surface area contributed by atoms with Crippen LogP contribution in [0.1, 0.15) is 60.1 Å². The van der Waals surface area contributed by atoms with Crippen LogP contribution in [0.2, 0.25) is 0 Å². The summed E-state index contributed by atoms with van der Waals surface area (Å²) < 4.78 is 0.850. The molecule has 60 heavy (non-hydrogen) atoms. The maximum atomic E-state index is 12.6.